The number of nitrogens with zero attached hydrogens (tertiary/aromatic N) is 5. The van der Waals surface area contributed by atoms with E-state index in [2.05, 4.69) is 32.7 Å². The molecule has 5 nitrogen and oxygen atoms in total. The zero-order valence-corrected chi connectivity index (χ0v) is 14.8. The third kappa shape index (κ3) is 3.18. The molecule has 4 rings (SSSR count). The number of benzene rings is 1. The normalized spacial score (nSPS) is 16.8. The molecular weight excluding hydrogens is 317 g/mol. The van der Waals surface area contributed by atoms with Crippen LogP contribution in [0.2, 0.25) is 0 Å². The van der Waals surface area contributed by atoms with E-state index < -0.39 is 0 Å². The van der Waals surface area contributed by atoms with Crippen LogP contribution in [0.4, 0.5) is 4.39 Å². The van der Waals surface area contributed by atoms with Gasteiger partial charge in [0.05, 0.1) is 17.2 Å². The zero-order valence-electron chi connectivity index (χ0n) is 14.8. The summed E-state index contributed by atoms with van der Waals surface area (Å²) in [5.74, 6) is 0.845. The highest BCUT2D eigenvalue weighted by Gasteiger charge is 2.24. The summed E-state index contributed by atoms with van der Waals surface area (Å²) in [4.78, 5) is 7.14. The van der Waals surface area contributed by atoms with Gasteiger partial charge in [0.25, 0.3) is 0 Å². The highest BCUT2D eigenvalue weighted by molar-refractivity contribution is 5.76. The Morgan fingerprint density at radius 1 is 1.24 bits per heavy atom. The van der Waals surface area contributed by atoms with E-state index >= 15 is 0 Å². The topological polar surface area (TPSA) is 38.9 Å². The lowest BCUT2D eigenvalue weighted by atomic mass is 10.0. The van der Waals surface area contributed by atoms with Crippen LogP contribution in [0.25, 0.3) is 11.0 Å². The minimum atomic E-state index is -0.217. The molecule has 3 aromatic rings. The molecule has 6 heteroatoms. The number of aromatic nitrogens is 4. The molecule has 0 saturated carbocycles. The molecule has 0 unspecified atom stereocenters. The molecule has 1 aromatic carbocycles. The number of aryl methyl sites for hydroxylation is 2. The number of hydrogen-bond acceptors (Lipinski definition) is 3. The number of imidazole rings is 1. The molecule has 132 valence electrons. The van der Waals surface area contributed by atoms with Gasteiger partial charge in [0.2, 0.25) is 0 Å². The van der Waals surface area contributed by atoms with Crippen molar-refractivity contribution in [1.82, 2.24) is 24.2 Å². The third-order valence-electron chi connectivity index (χ3n) is 5.13. The van der Waals surface area contributed by atoms with Gasteiger partial charge in [-0.1, -0.05) is 6.92 Å². The largest absolute Gasteiger partial charge is 0.325 e. The lowest BCUT2D eigenvalue weighted by Crippen LogP contribution is -2.34. The van der Waals surface area contributed by atoms with Crippen LogP contribution in [0.15, 0.2) is 30.6 Å². The van der Waals surface area contributed by atoms with Crippen LogP contribution in [0, 0.1) is 5.82 Å². The van der Waals surface area contributed by atoms with Crippen molar-refractivity contribution in [3.05, 3.63) is 47.8 Å². The van der Waals surface area contributed by atoms with Crippen molar-refractivity contribution in [2.24, 2.45) is 7.05 Å². The van der Waals surface area contributed by atoms with Gasteiger partial charge in [0.1, 0.15) is 11.6 Å². The van der Waals surface area contributed by atoms with E-state index in [4.69, 9.17) is 0 Å². The molecule has 1 aliphatic heterocycles. The monoisotopic (exact) mass is 341 g/mol. The lowest BCUT2D eigenvalue weighted by molar-refractivity contribution is 0.180. The first-order chi connectivity index (χ1) is 12.1. The Labute approximate surface area is 147 Å². The Balaban J connectivity index is 1.51. The van der Waals surface area contributed by atoms with Crippen molar-refractivity contribution in [3.8, 4) is 0 Å². The van der Waals surface area contributed by atoms with Crippen LogP contribution in [-0.4, -0.2) is 37.3 Å². The van der Waals surface area contributed by atoms with Crippen LogP contribution in [0.5, 0.6) is 0 Å². The van der Waals surface area contributed by atoms with Crippen molar-refractivity contribution in [2.75, 3.05) is 13.1 Å². The Kier molecular flexibility index (Phi) is 4.29. The van der Waals surface area contributed by atoms with Crippen LogP contribution >= 0.6 is 0 Å². The smallest absolute Gasteiger partial charge is 0.125 e. The molecule has 1 saturated heterocycles. The van der Waals surface area contributed by atoms with Crippen molar-refractivity contribution in [2.45, 2.75) is 38.8 Å². The third-order valence-corrected chi connectivity index (χ3v) is 5.13. The number of piperidine rings is 1. The molecule has 0 aliphatic carbocycles. The predicted octanol–water partition coefficient (Wildman–Crippen LogP) is 3.31. The summed E-state index contributed by atoms with van der Waals surface area (Å²) in [6.07, 6.45) is 7.08. The van der Waals surface area contributed by atoms with Crippen molar-refractivity contribution >= 4 is 11.0 Å². The summed E-state index contributed by atoms with van der Waals surface area (Å²) >= 11 is 0. The predicted molar refractivity (Wildman–Crippen MR) is 95.8 cm³/mol. The molecule has 0 N–H and O–H groups in total. The molecule has 0 atom stereocenters. The highest BCUT2D eigenvalue weighted by atomic mass is 19.1. The molecule has 3 heterocycles. The fourth-order valence-electron chi connectivity index (χ4n) is 3.93. The Bertz CT molecular complexity index is 873. The Morgan fingerprint density at radius 3 is 2.72 bits per heavy atom. The first-order valence-electron chi connectivity index (χ1n) is 9.00. The van der Waals surface area contributed by atoms with Crippen molar-refractivity contribution in [3.63, 3.8) is 0 Å². The summed E-state index contributed by atoms with van der Waals surface area (Å²) in [6.45, 7) is 5.19. The first-order valence-corrected chi connectivity index (χ1v) is 9.00. The summed E-state index contributed by atoms with van der Waals surface area (Å²) in [5.41, 5.74) is 3.09. The number of fused-ring (bicyclic) bond motifs is 1. The van der Waals surface area contributed by atoms with Gasteiger partial charge < -0.3 is 4.57 Å². The van der Waals surface area contributed by atoms with Gasteiger partial charge in [-0.15, -0.1) is 0 Å². The van der Waals surface area contributed by atoms with E-state index in [1.54, 1.807) is 6.07 Å². The minimum absolute atomic E-state index is 0.217. The number of hydrogen-bond donors (Lipinski definition) is 0. The van der Waals surface area contributed by atoms with Gasteiger partial charge >= 0.3 is 0 Å². The molecule has 0 amide bonds. The molecule has 0 radical (unpaired) electrons. The van der Waals surface area contributed by atoms with E-state index in [1.807, 2.05) is 24.0 Å². The quantitative estimate of drug-likeness (QED) is 0.731. The second-order valence-electron chi connectivity index (χ2n) is 6.91. The summed E-state index contributed by atoms with van der Waals surface area (Å²) in [5, 5.41) is 4.25. The molecule has 2 aromatic heterocycles. The Hall–Kier alpha value is -2.21. The van der Waals surface area contributed by atoms with Crippen LogP contribution < -0.4 is 0 Å². The van der Waals surface area contributed by atoms with Crippen LogP contribution in [-0.2, 0) is 20.0 Å². The van der Waals surface area contributed by atoms with Gasteiger partial charge in [-0.25, -0.2) is 9.37 Å². The summed E-state index contributed by atoms with van der Waals surface area (Å²) in [6, 6.07) is 5.40. The van der Waals surface area contributed by atoms with Gasteiger partial charge in [-0.3, -0.25) is 9.58 Å². The highest BCUT2D eigenvalue weighted by Crippen LogP contribution is 2.30. The van der Waals surface area contributed by atoms with E-state index in [9.17, 15) is 4.39 Å². The Morgan fingerprint density at radius 2 is 2.04 bits per heavy atom. The maximum Gasteiger partial charge on any atom is 0.125 e. The number of rotatable bonds is 4. The average Bonchev–Trinajstić information content (AvgIpc) is 3.18. The molecule has 0 bridgehead atoms. The standard InChI is InChI=1S/C19H24FN5/c1-3-19-22-17-10-15(20)4-5-18(17)25(19)16-6-8-24(9-7-16)13-14-11-21-23(2)12-14/h4-5,10-12,16H,3,6-9,13H2,1-2H3. The van der Waals surface area contributed by atoms with E-state index in [0.717, 1.165) is 55.8 Å². The lowest BCUT2D eigenvalue weighted by Gasteiger charge is -2.33. The van der Waals surface area contributed by atoms with Gasteiger partial charge in [-0.05, 0) is 25.0 Å². The van der Waals surface area contributed by atoms with Crippen LogP contribution in [0.3, 0.4) is 0 Å². The second-order valence-corrected chi connectivity index (χ2v) is 6.91. The minimum Gasteiger partial charge on any atom is -0.325 e. The summed E-state index contributed by atoms with van der Waals surface area (Å²) in [7, 11) is 1.95. The molecule has 0 spiro atoms. The number of halogens is 1. The van der Waals surface area contributed by atoms with Gasteiger partial charge in [0.15, 0.2) is 0 Å². The van der Waals surface area contributed by atoms with Crippen LogP contribution in [0.1, 0.15) is 37.2 Å². The molecule has 1 aliphatic rings. The van der Waals surface area contributed by atoms with Crippen molar-refractivity contribution < 1.29 is 4.39 Å². The maximum absolute atomic E-state index is 13.5. The van der Waals surface area contributed by atoms with Gasteiger partial charge in [0, 0.05) is 57.0 Å². The zero-order chi connectivity index (χ0) is 17.4. The fraction of sp³-hybridized carbons (Fsp3) is 0.474. The van der Waals surface area contributed by atoms with E-state index in [1.165, 1.54) is 11.6 Å². The van der Waals surface area contributed by atoms with E-state index in [0.29, 0.717) is 6.04 Å². The fourth-order valence-corrected chi connectivity index (χ4v) is 3.93. The second kappa shape index (κ2) is 6.59. The van der Waals surface area contributed by atoms with Crippen molar-refractivity contribution in [1.29, 1.82) is 0 Å². The first kappa shape index (κ1) is 16.3. The number of likely N-dealkylation sites (tertiary alicyclic amines) is 1. The van der Waals surface area contributed by atoms with Gasteiger partial charge in [-0.2, -0.15) is 5.10 Å². The SMILES string of the molecule is CCc1nc2cc(F)ccc2n1C1CCN(Cc2cnn(C)c2)CC1. The summed E-state index contributed by atoms with van der Waals surface area (Å²) < 4.78 is 17.7. The maximum atomic E-state index is 13.5. The molecule has 1 fully saturated rings. The average molecular weight is 341 g/mol. The van der Waals surface area contributed by atoms with E-state index in [-0.39, 0.29) is 5.82 Å². The molecular formula is C19H24FN5. The molecule has 25 heavy (non-hydrogen) atoms.